The first kappa shape index (κ1) is 4.73. The molecule has 1 atom stereocenters. The van der Waals surface area contributed by atoms with Crippen LogP contribution >= 0.6 is 7.53 Å². The van der Waals surface area contributed by atoms with E-state index in [1.54, 1.807) is 0 Å². The number of nitrogens with zero attached hydrogens (tertiary/aromatic N) is 1. The van der Waals surface area contributed by atoms with Crippen molar-refractivity contribution in [2.24, 2.45) is 6.66 Å². The minimum Gasteiger partial charge on any atom is -0.222 e. The average Bonchev–Trinajstić information content (AvgIpc) is 1.69. The second-order valence-electron chi connectivity index (χ2n) is 1.42. The third-order valence-corrected chi connectivity index (χ3v) is 1.88. The maximum absolute atomic E-state index is 3.95. The van der Waals surface area contributed by atoms with Crippen LogP contribution in [0.3, 0.4) is 0 Å². The summed E-state index contributed by atoms with van der Waals surface area (Å²) in [6, 6.07) is 1.99. The van der Waals surface area contributed by atoms with Crippen molar-refractivity contribution in [1.29, 1.82) is 0 Å². The standard InChI is InChI=1S/C5H7NP/c1-7-4-2-3-6-5-7/h2-5H,1H3/q+1. The van der Waals surface area contributed by atoms with Crippen molar-refractivity contribution in [3.8, 4) is 0 Å². The SMILES string of the molecule is C[p+]1cccnc1. The molecule has 0 saturated heterocycles. The Labute approximate surface area is 44.1 Å². The summed E-state index contributed by atoms with van der Waals surface area (Å²) in [5.74, 6) is 4.15. The molecule has 2 heteroatoms. The Morgan fingerprint density at radius 1 is 1.57 bits per heavy atom. The van der Waals surface area contributed by atoms with Crippen LogP contribution in [0.15, 0.2) is 24.0 Å². The molecule has 0 amide bonds. The minimum absolute atomic E-state index is 0.00489. The summed E-state index contributed by atoms with van der Waals surface area (Å²) < 4.78 is 0. The van der Waals surface area contributed by atoms with Crippen molar-refractivity contribution in [1.82, 2.24) is 4.98 Å². The summed E-state index contributed by atoms with van der Waals surface area (Å²) in [5.41, 5.74) is 0. The Bertz CT molecular complexity index is 138. The Morgan fingerprint density at radius 3 is 2.71 bits per heavy atom. The molecule has 0 spiro atoms. The number of aromatic nitrogens is 1. The lowest BCUT2D eigenvalue weighted by Gasteiger charge is -1.70. The Kier molecular flexibility index (Phi) is 1.38. The van der Waals surface area contributed by atoms with E-state index >= 15 is 0 Å². The zero-order valence-corrected chi connectivity index (χ0v) is 5.10. The molecule has 1 rings (SSSR count). The van der Waals surface area contributed by atoms with Crippen LogP contribution in [-0.4, -0.2) is 4.98 Å². The zero-order chi connectivity index (χ0) is 5.11. The van der Waals surface area contributed by atoms with Crippen LogP contribution in [0.1, 0.15) is 0 Å². The van der Waals surface area contributed by atoms with Crippen LogP contribution in [0, 0.1) is 0 Å². The molecule has 0 fully saturated rings. The highest BCUT2D eigenvalue weighted by Crippen LogP contribution is 2.15. The lowest BCUT2D eigenvalue weighted by atomic mass is 10.8. The van der Waals surface area contributed by atoms with Gasteiger partial charge in [0.05, 0.1) is 0 Å². The van der Waals surface area contributed by atoms with Crippen LogP contribution in [0.4, 0.5) is 0 Å². The molecule has 1 nitrogen and oxygen atoms in total. The second-order valence-corrected chi connectivity index (χ2v) is 3.28. The molecule has 0 aromatic carbocycles. The monoisotopic (exact) mass is 112 g/mol. The van der Waals surface area contributed by atoms with E-state index in [9.17, 15) is 0 Å². The third-order valence-electron chi connectivity index (χ3n) is 0.742. The van der Waals surface area contributed by atoms with Crippen molar-refractivity contribution in [2.45, 2.75) is 0 Å². The van der Waals surface area contributed by atoms with Crippen LogP contribution in [0.5, 0.6) is 0 Å². The number of hydrogen-bond donors (Lipinski definition) is 0. The summed E-state index contributed by atoms with van der Waals surface area (Å²) in [6.07, 6.45) is 1.81. The molecule has 7 heavy (non-hydrogen) atoms. The average molecular weight is 112 g/mol. The fraction of sp³-hybridized carbons (Fsp3) is 0.200. The van der Waals surface area contributed by atoms with Gasteiger partial charge in [-0.3, -0.25) is 0 Å². The van der Waals surface area contributed by atoms with E-state index < -0.39 is 0 Å². The predicted molar refractivity (Wildman–Crippen MR) is 32.3 cm³/mol. The smallest absolute Gasteiger partial charge is 0.201 e. The fourth-order valence-corrected chi connectivity index (χ4v) is 1.12. The third kappa shape index (κ3) is 1.24. The van der Waals surface area contributed by atoms with Gasteiger partial charge in [0.25, 0.3) is 0 Å². The van der Waals surface area contributed by atoms with E-state index in [1.165, 1.54) is 0 Å². The first-order chi connectivity index (χ1) is 3.39. The summed E-state index contributed by atoms with van der Waals surface area (Å²) in [4.78, 5) is 3.95. The molecule has 0 bridgehead atoms. The highest BCUT2D eigenvalue weighted by molar-refractivity contribution is 7.46. The van der Waals surface area contributed by atoms with Crippen molar-refractivity contribution >= 4 is 7.53 Å². The van der Waals surface area contributed by atoms with E-state index in [-0.39, 0.29) is 7.53 Å². The molecule has 0 aliphatic heterocycles. The topological polar surface area (TPSA) is 12.9 Å². The molecule has 1 unspecified atom stereocenters. The largest absolute Gasteiger partial charge is 0.222 e. The first-order valence-electron chi connectivity index (χ1n) is 2.15. The van der Waals surface area contributed by atoms with Gasteiger partial charge in [0, 0.05) is 6.20 Å². The quantitative estimate of drug-likeness (QED) is 0.499. The van der Waals surface area contributed by atoms with Gasteiger partial charge < -0.3 is 0 Å². The van der Waals surface area contributed by atoms with E-state index in [0.29, 0.717) is 0 Å². The van der Waals surface area contributed by atoms with E-state index in [2.05, 4.69) is 17.4 Å². The van der Waals surface area contributed by atoms with Crippen molar-refractivity contribution in [3.05, 3.63) is 24.0 Å². The highest BCUT2D eigenvalue weighted by Gasteiger charge is 1.86. The molecule has 0 aliphatic carbocycles. The van der Waals surface area contributed by atoms with Gasteiger partial charge in [0.15, 0.2) is 0 Å². The van der Waals surface area contributed by atoms with Crippen molar-refractivity contribution < 1.29 is 0 Å². The van der Waals surface area contributed by atoms with Crippen LogP contribution in [0.2, 0.25) is 0 Å². The first-order valence-corrected chi connectivity index (χ1v) is 4.07. The number of rotatable bonds is 0. The van der Waals surface area contributed by atoms with Gasteiger partial charge in [-0.25, -0.2) is 4.98 Å². The molecule has 0 saturated carbocycles. The van der Waals surface area contributed by atoms with Crippen LogP contribution in [-0.2, 0) is 6.66 Å². The van der Waals surface area contributed by atoms with E-state index in [1.807, 2.05) is 18.2 Å². The van der Waals surface area contributed by atoms with Crippen molar-refractivity contribution in [2.75, 3.05) is 0 Å². The predicted octanol–water partition coefficient (Wildman–Crippen LogP) is 1.89. The van der Waals surface area contributed by atoms with Gasteiger partial charge in [-0.15, -0.1) is 0 Å². The highest BCUT2D eigenvalue weighted by atomic mass is 31.1. The van der Waals surface area contributed by atoms with Gasteiger partial charge in [-0.05, 0) is 6.07 Å². The summed E-state index contributed by atoms with van der Waals surface area (Å²) in [7, 11) is 0.00489. The molecule has 36 valence electrons. The Hall–Kier alpha value is -0.420. The normalized spacial score (nSPS) is 11.3. The number of aryl methyl sites for hydroxylation is 1. The number of hydrogen-bond acceptors (Lipinski definition) is 1. The molecule has 0 N–H and O–H groups in total. The fourth-order valence-electron chi connectivity index (χ4n) is 0.406. The molecule has 0 radical (unpaired) electrons. The summed E-state index contributed by atoms with van der Waals surface area (Å²) in [5, 5.41) is 0. The minimum atomic E-state index is 0.00489. The molecule has 1 aromatic heterocycles. The molecule has 1 heterocycles. The van der Waals surface area contributed by atoms with E-state index in [0.717, 1.165) is 0 Å². The maximum Gasteiger partial charge on any atom is 0.201 e. The van der Waals surface area contributed by atoms with Gasteiger partial charge >= 0.3 is 0 Å². The summed E-state index contributed by atoms with van der Waals surface area (Å²) in [6.45, 7) is 2.17. The van der Waals surface area contributed by atoms with Crippen LogP contribution < -0.4 is 0 Å². The van der Waals surface area contributed by atoms with Crippen molar-refractivity contribution in [3.63, 3.8) is 0 Å². The molecular weight excluding hydrogens is 105 g/mol. The Morgan fingerprint density at radius 2 is 2.43 bits per heavy atom. The van der Waals surface area contributed by atoms with Gasteiger partial charge in [0.2, 0.25) is 5.93 Å². The zero-order valence-electron chi connectivity index (χ0n) is 4.20. The molecule has 1 aromatic rings. The van der Waals surface area contributed by atoms with Gasteiger partial charge in [0.1, 0.15) is 20.0 Å². The maximum atomic E-state index is 3.95. The van der Waals surface area contributed by atoms with Gasteiger partial charge in [-0.2, -0.15) is 0 Å². The van der Waals surface area contributed by atoms with E-state index in [4.69, 9.17) is 0 Å². The molecule has 0 aliphatic rings. The summed E-state index contributed by atoms with van der Waals surface area (Å²) >= 11 is 0. The lowest BCUT2D eigenvalue weighted by molar-refractivity contribution is 1.39. The second kappa shape index (κ2) is 2.04. The van der Waals surface area contributed by atoms with Crippen LogP contribution in [0.25, 0.3) is 0 Å². The lowest BCUT2D eigenvalue weighted by Crippen LogP contribution is -1.58. The Balaban J connectivity index is 3.02. The van der Waals surface area contributed by atoms with Gasteiger partial charge in [-0.1, -0.05) is 0 Å². The molecular formula is C5H7NP+.